The third kappa shape index (κ3) is 4.18. The minimum Gasteiger partial charge on any atom is -0.482 e. The summed E-state index contributed by atoms with van der Waals surface area (Å²) in [5.41, 5.74) is 2.31. The molecule has 2 aliphatic rings. The van der Waals surface area contributed by atoms with E-state index in [1.165, 1.54) is 17.0 Å². The molecule has 34 heavy (non-hydrogen) atoms. The van der Waals surface area contributed by atoms with Crippen LogP contribution in [0.1, 0.15) is 22.6 Å². The highest BCUT2D eigenvalue weighted by molar-refractivity contribution is 6.01. The lowest BCUT2D eigenvalue weighted by Crippen LogP contribution is -2.36. The molecule has 1 unspecified atom stereocenters. The van der Waals surface area contributed by atoms with Crippen molar-refractivity contribution in [3.05, 3.63) is 53.6 Å². The number of benzene rings is 2. The van der Waals surface area contributed by atoms with E-state index in [-0.39, 0.29) is 36.1 Å². The summed E-state index contributed by atoms with van der Waals surface area (Å²) >= 11 is 0. The first kappa shape index (κ1) is 21.9. The third-order valence-corrected chi connectivity index (χ3v) is 6.29. The summed E-state index contributed by atoms with van der Waals surface area (Å²) in [7, 11) is 1.65. The molecule has 9 nitrogen and oxygen atoms in total. The molecule has 0 spiro atoms. The number of likely N-dealkylation sites (N-methyl/N-ethyl adjacent to an activating group) is 1. The molecule has 0 radical (unpaired) electrons. The van der Waals surface area contributed by atoms with Gasteiger partial charge in [-0.2, -0.15) is 0 Å². The molecule has 176 valence electrons. The van der Waals surface area contributed by atoms with Crippen LogP contribution in [0.2, 0.25) is 0 Å². The number of aromatic amines is 1. The van der Waals surface area contributed by atoms with Crippen molar-refractivity contribution in [2.24, 2.45) is 5.92 Å². The van der Waals surface area contributed by atoms with E-state index in [9.17, 15) is 18.8 Å². The lowest BCUT2D eigenvalue weighted by atomic mass is 10.1. The minimum absolute atomic E-state index is 0.0192. The Kier molecular flexibility index (Phi) is 5.64. The van der Waals surface area contributed by atoms with E-state index in [0.717, 1.165) is 0 Å². The molecular formula is C24H24FN5O4. The first-order valence-electron chi connectivity index (χ1n) is 11.1. The van der Waals surface area contributed by atoms with Crippen LogP contribution >= 0.6 is 0 Å². The van der Waals surface area contributed by atoms with Gasteiger partial charge in [0, 0.05) is 38.7 Å². The predicted octanol–water partition coefficient (Wildman–Crippen LogP) is 1.88. The number of rotatable bonds is 5. The van der Waals surface area contributed by atoms with E-state index >= 15 is 0 Å². The first-order valence-corrected chi connectivity index (χ1v) is 11.1. The Morgan fingerprint density at radius 2 is 2.12 bits per heavy atom. The molecule has 1 saturated heterocycles. The van der Waals surface area contributed by atoms with Gasteiger partial charge in [0.25, 0.3) is 11.8 Å². The fourth-order valence-corrected chi connectivity index (χ4v) is 4.35. The summed E-state index contributed by atoms with van der Waals surface area (Å²) < 4.78 is 18.7. The van der Waals surface area contributed by atoms with Gasteiger partial charge in [-0.1, -0.05) is 0 Å². The molecule has 1 fully saturated rings. The second-order valence-electron chi connectivity index (χ2n) is 8.55. The summed E-state index contributed by atoms with van der Waals surface area (Å²) in [5, 5.41) is 2.91. The summed E-state index contributed by atoms with van der Waals surface area (Å²) in [6.07, 6.45) is 1.06. The highest BCUT2D eigenvalue weighted by Gasteiger charge is 2.32. The van der Waals surface area contributed by atoms with Crippen LogP contribution in [-0.4, -0.2) is 65.9 Å². The average Bonchev–Trinajstić information content (AvgIpc) is 3.48. The van der Waals surface area contributed by atoms with Crippen LogP contribution in [0.4, 0.5) is 10.1 Å². The summed E-state index contributed by atoms with van der Waals surface area (Å²) in [6.45, 7) is 1.18. The van der Waals surface area contributed by atoms with Crippen LogP contribution in [0.25, 0.3) is 11.0 Å². The molecule has 3 aromatic rings. The van der Waals surface area contributed by atoms with Crippen LogP contribution in [0, 0.1) is 11.7 Å². The Bertz CT molecular complexity index is 1290. The number of aromatic nitrogens is 2. The highest BCUT2D eigenvalue weighted by atomic mass is 19.1. The van der Waals surface area contributed by atoms with Gasteiger partial charge >= 0.3 is 0 Å². The Labute approximate surface area is 194 Å². The number of H-pyrrole nitrogens is 1. The zero-order valence-electron chi connectivity index (χ0n) is 18.6. The molecule has 1 atom stereocenters. The summed E-state index contributed by atoms with van der Waals surface area (Å²) in [4.78, 5) is 48.1. The molecule has 2 aromatic carbocycles. The van der Waals surface area contributed by atoms with Gasteiger partial charge in [-0.3, -0.25) is 14.4 Å². The van der Waals surface area contributed by atoms with Crippen molar-refractivity contribution in [2.45, 2.75) is 12.8 Å². The maximum atomic E-state index is 13.3. The quantitative estimate of drug-likeness (QED) is 0.598. The molecule has 0 bridgehead atoms. The highest BCUT2D eigenvalue weighted by Crippen LogP contribution is 2.32. The average molecular weight is 465 g/mol. The van der Waals surface area contributed by atoms with Crippen LogP contribution < -0.4 is 15.0 Å². The zero-order valence-corrected chi connectivity index (χ0v) is 18.6. The van der Waals surface area contributed by atoms with Gasteiger partial charge in [-0.05, 0) is 42.8 Å². The Balaban J connectivity index is 1.15. The monoisotopic (exact) mass is 465 g/mol. The maximum absolute atomic E-state index is 13.3. The number of nitrogens with zero attached hydrogens (tertiary/aromatic N) is 3. The van der Waals surface area contributed by atoms with Crippen molar-refractivity contribution in [2.75, 3.05) is 38.2 Å². The van der Waals surface area contributed by atoms with Gasteiger partial charge in [0.05, 0.1) is 22.6 Å². The number of ether oxygens (including phenoxy) is 1. The number of anilines is 1. The van der Waals surface area contributed by atoms with Crippen LogP contribution in [0.15, 0.2) is 36.4 Å². The molecule has 10 heteroatoms. The number of hydrogen-bond donors (Lipinski definition) is 2. The molecule has 2 N–H and O–H groups in total. The van der Waals surface area contributed by atoms with E-state index < -0.39 is 0 Å². The number of hydrogen-bond acceptors (Lipinski definition) is 5. The Morgan fingerprint density at radius 3 is 2.97 bits per heavy atom. The van der Waals surface area contributed by atoms with Crippen LogP contribution in [0.5, 0.6) is 5.75 Å². The van der Waals surface area contributed by atoms with E-state index in [4.69, 9.17) is 4.74 Å². The van der Waals surface area contributed by atoms with Crippen molar-refractivity contribution in [3.63, 3.8) is 0 Å². The predicted molar refractivity (Wildman–Crippen MR) is 122 cm³/mol. The van der Waals surface area contributed by atoms with Crippen molar-refractivity contribution in [1.82, 2.24) is 20.2 Å². The number of halogens is 1. The second kappa shape index (κ2) is 8.77. The molecule has 5 rings (SSSR count). The number of amides is 3. The number of imidazole rings is 1. The van der Waals surface area contributed by atoms with E-state index in [1.807, 2.05) is 0 Å². The molecular weight excluding hydrogens is 441 g/mol. The molecule has 3 heterocycles. The molecule has 0 saturated carbocycles. The standard InChI is InChI=1S/C24H24FN5O4/c1-29-19-10-14(2-5-20(19)34-13-22(29)31)24(33)30-9-7-15(12-30)23(32)26-8-6-21-27-17-4-3-16(25)11-18(17)28-21/h2-5,10-11,15H,6-9,12-13H2,1H3,(H,26,32)(H,27,28). The van der Waals surface area contributed by atoms with E-state index in [2.05, 4.69) is 15.3 Å². The lowest BCUT2D eigenvalue weighted by molar-refractivity contribution is -0.124. The molecule has 0 aliphatic carbocycles. The summed E-state index contributed by atoms with van der Waals surface area (Å²) in [5.74, 6) is 0.140. The van der Waals surface area contributed by atoms with Gasteiger partial charge < -0.3 is 24.8 Å². The smallest absolute Gasteiger partial charge is 0.264 e. The van der Waals surface area contributed by atoms with E-state index in [0.29, 0.717) is 66.3 Å². The molecule has 1 aromatic heterocycles. The molecule has 2 aliphatic heterocycles. The van der Waals surface area contributed by atoms with Gasteiger partial charge in [0.15, 0.2) is 6.61 Å². The van der Waals surface area contributed by atoms with Crippen LogP contribution in [0.3, 0.4) is 0 Å². The SMILES string of the molecule is CN1C(=O)COc2ccc(C(=O)N3CCC(C(=O)NCCc4nc5ccc(F)cc5[nH]4)C3)cc21. The Hall–Kier alpha value is -3.95. The number of carbonyl (C=O) groups excluding carboxylic acids is 3. The minimum atomic E-state index is -0.333. The van der Waals surface area contributed by atoms with Crippen molar-refractivity contribution >= 4 is 34.4 Å². The Morgan fingerprint density at radius 1 is 1.26 bits per heavy atom. The van der Waals surface area contributed by atoms with Crippen molar-refractivity contribution in [3.8, 4) is 5.75 Å². The second-order valence-corrected chi connectivity index (χ2v) is 8.55. The maximum Gasteiger partial charge on any atom is 0.264 e. The largest absolute Gasteiger partial charge is 0.482 e. The third-order valence-electron chi connectivity index (χ3n) is 6.29. The molecule has 3 amide bonds. The summed E-state index contributed by atoms with van der Waals surface area (Å²) in [6, 6.07) is 9.38. The van der Waals surface area contributed by atoms with Crippen LogP contribution in [-0.2, 0) is 16.0 Å². The van der Waals surface area contributed by atoms with Crippen molar-refractivity contribution < 1.29 is 23.5 Å². The number of nitrogens with one attached hydrogen (secondary N) is 2. The van der Waals surface area contributed by atoms with Gasteiger partial charge in [-0.15, -0.1) is 0 Å². The lowest BCUT2D eigenvalue weighted by Gasteiger charge is -2.26. The van der Waals surface area contributed by atoms with Gasteiger partial charge in [-0.25, -0.2) is 9.37 Å². The van der Waals surface area contributed by atoms with Gasteiger partial charge in [0.2, 0.25) is 5.91 Å². The normalized spacial score (nSPS) is 17.6. The topological polar surface area (TPSA) is 108 Å². The zero-order chi connectivity index (χ0) is 23.8. The van der Waals surface area contributed by atoms with E-state index in [1.54, 1.807) is 36.2 Å². The fraction of sp³-hybridized carbons (Fsp3) is 0.333. The number of likely N-dealkylation sites (tertiary alicyclic amines) is 1. The van der Waals surface area contributed by atoms with Crippen molar-refractivity contribution in [1.29, 1.82) is 0 Å². The first-order chi connectivity index (χ1) is 16.4. The number of carbonyl (C=O) groups is 3. The van der Waals surface area contributed by atoms with Gasteiger partial charge in [0.1, 0.15) is 17.4 Å². The number of fused-ring (bicyclic) bond motifs is 2. The fourth-order valence-electron chi connectivity index (χ4n) is 4.35.